The Balaban J connectivity index is 2.08. The van der Waals surface area contributed by atoms with Crippen LogP contribution >= 0.6 is 0 Å². The molecular weight excluding hydrogens is 266 g/mol. The summed E-state index contributed by atoms with van der Waals surface area (Å²) in [5, 5.41) is 6.19. The van der Waals surface area contributed by atoms with Crippen molar-refractivity contribution in [2.24, 2.45) is 0 Å². The second kappa shape index (κ2) is 8.00. The SMILES string of the molecule is CCNCc1ccc(N2CCOCC2C(=O)NCC)cc1. The van der Waals surface area contributed by atoms with E-state index in [0.717, 1.165) is 25.3 Å². The molecule has 2 N–H and O–H groups in total. The van der Waals surface area contributed by atoms with Crippen LogP contribution in [0, 0.1) is 0 Å². The molecule has 1 aromatic rings. The normalized spacial score (nSPS) is 18.6. The Bertz CT molecular complexity index is 447. The number of nitrogens with zero attached hydrogens (tertiary/aromatic N) is 1. The highest BCUT2D eigenvalue weighted by Crippen LogP contribution is 2.20. The summed E-state index contributed by atoms with van der Waals surface area (Å²) in [7, 11) is 0. The molecule has 21 heavy (non-hydrogen) atoms. The van der Waals surface area contributed by atoms with E-state index in [1.807, 2.05) is 6.92 Å². The quantitative estimate of drug-likeness (QED) is 0.825. The van der Waals surface area contributed by atoms with Crippen LogP contribution in [0.5, 0.6) is 0 Å². The lowest BCUT2D eigenvalue weighted by Crippen LogP contribution is -2.54. The van der Waals surface area contributed by atoms with Gasteiger partial charge in [-0.25, -0.2) is 0 Å². The molecule has 0 spiro atoms. The van der Waals surface area contributed by atoms with Gasteiger partial charge in [-0.15, -0.1) is 0 Å². The number of nitrogens with one attached hydrogen (secondary N) is 2. The van der Waals surface area contributed by atoms with Crippen molar-refractivity contribution in [3.05, 3.63) is 29.8 Å². The number of benzene rings is 1. The maximum Gasteiger partial charge on any atom is 0.245 e. The van der Waals surface area contributed by atoms with Gasteiger partial charge in [0, 0.05) is 25.3 Å². The minimum absolute atomic E-state index is 0.0360. The molecule has 2 rings (SSSR count). The third-order valence-electron chi connectivity index (χ3n) is 3.63. The molecule has 1 amide bonds. The number of anilines is 1. The highest BCUT2D eigenvalue weighted by Gasteiger charge is 2.29. The largest absolute Gasteiger partial charge is 0.377 e. The highest BCUT2D eigenvalue weighted by molar-refractivity contribution is 5.85. The Labute approximate surface area is 126 Å². The van der Waals surface area contributed by atoms with E-state index in [9.17, 15) is 4.79 Å². The van der Waals surface area contributed by atoms with Crippen LogP contribution in [-0.2, 0) is 16.1 Å². The molecule has 1 aliphatic rings. The second-order valence-electron chi connectivity index (χ2n) is 5.13. The van der Waals surface area contributed by atoms with Gasteiger partial charge < -0.3 is 20.3 Å². The predicted octanol–water partition coefficient (Wildman–Crippen LogP) is 1.14. The third kappa shape index (κ3) is 4.19. The monoisotopic (exact) mass is 291 g/mol. The van der Waals surface area contributed by atoms with E-state index in [-0.39, 0.29) is 11.9 Å². The summed E-state index contributed by atoms with van der Waals surface area (Å²) in [5.74, 6) is 0.0360. The topological polar surface area (TPSA) is 53.6 Å². The van der Waals surface area contributed by atoms with Gasteiger partial charge in [0.25, 0.3) is 0 Å². The molecule has 5 nitrogen and oxygen atoms in total. The van der Waals surface area contributed by atoms with Crippen molar-refractivity contribution in [2.75, 3.05) is 37.7 Å². The average molecular weight is 291 g/mol. The van der Waals surface area contributed by atoms with Crippen molar-refractivity contribution in [1.82, 2.24) is 10.6 Å². The van der Waals surface area contributed by atoms with Crippen LogP contribution in [-0.4, -0.2) is 44.8 Å². The fourth-order valence-electron chi connectivity index (χ4n) is 2.50. The van der Waals surface area contributed by atoms with Crippen molar-refractivity contribution in [1.29, 1.82) is 0 Å². The van der Waals surface area contributed by atoms with E-state index in [1.54, 1.807) is 0 Å². The van der Waals surface area contributed by atoms with Gasteiger partial charge in [0.05, 0.1) is 13.2 Å². The van der Waals surface area contributed by atoms with Gasteiger partial charge in [0.15, 0.2) is 0 Å². The van der Waals surface area contributed by atoms with Crippen LogP contribution in [0.15, 0.2) is 24.3 Å². The van der Waals surface area contributed by atoms with Crippen LogP contribution in [0.3, 0.4) is 0 Å². The lowest BCUT2D eigenvalue weighted by atomic mass is 10.1. The molecule has 0 aliphatic carbocycles. The molecule has 1 aliphatic heterocycles. The zero-order valence-electron chi connectivity index (χ0n) is 12.9. The number of amides is 1. The van der Waals surface area contributed by atoms with Crippen molar-refractivity contribution < 1.29 is 9.53 Å². The molecular formula is C16H25N3O2. The molecule has 1 aromatic carbocycles. The molecule has 1 fully saturated rings. The van der Waals surface area contributed by atoms with Crippen LogP contribution < -0.4 is 15.5 Å². The Kier molecular flexibility index (Phi) is 6.02. The smallest absolute Gasteiger partial charge is 0.245 e. The van der Waals surface area contributed by atoms with Crippen molar-refractivity contribution in [3.63, 3.8) is 0 Å². The lowest BCUT2D eigenvalue weighted by Gasteiger charge is -2.36. The van der Waals surface area contributed by atoms with Crippen molar-refractivity contribution in [2.45, 2.75) is 26.4 Å². The first-order valence-electron chi connectivity index (χ1n) is 7.68. The predicted molar refractivity (Wildman–Crippen MR) is 84.5 cm³/mol. The van der Waals surface area contributed by atoms with Gasteiger partial charge >= 0.3 is 0 Å². The number of ether oxygens (including phenoxy) is 1. The summed E-state index contributed by atoms with van der Waals surface area (Å²) in [6, 6.07) is 8.16. The molecule has 1 heterocycles. The molecule has 116 valence electrons. The molecule has 0 aromatic heterocycles. The molecule has 0 bridgehead atoms. The first-order valence-corrected chi connectivity index (χ1v) is 7.68. The van der Waals surface area contributed by atoms with Crippen LogP contribution in [0.4, 0.5) is 5.69 Å². The first-order chi connectivity index (χ1) is 10.3. The Morgan fingerprint density at radius 2 is 2.05 bits per heavy atom. The minimum Gasteiger partial charge on any atom is -0.377 e. The molecule has 5 heteroatoms. The van der Waals surface area contributed by atoms with Crippen LogP contribution in [0.1, 0.15) is 19.4 Å². The Hall–Kier alpha value is -1.59. The highest BCUT2D eigenvalue weighted by atomic mass is 16.5. The molecule has 1 unspecified atom stereocenters. The number of hydrogen-bond donors (Lipinski definition) is 2. The van der Waals surface area contributed by atoms with E-state index < -0.39 is 0 Å². The number of morpholine rings is 1. The van der Waals surface area contributed by atoms with E-state index in [1.165, 1.54) is 5.56 Å². The van der Waals surface area contributed by atoms with Crippen LogP contribution in [0.2, 0.25) is 0 Å². The fraction of sp³-hybridized carbons (Fsp3) is 0.562. The van der Waals surface area contributed by atoms with Gasteiger partial charge in [-0.2, -0.15) is 0 Å². The standard InChI is InChI=1S/C16H25N3O2/c1-3-17-11-13-5-7-14(8-6-13)19-9-10-21-12-15(19)16(20)18-4-2/h5-8,15,17H,3-4,9-12H2,1-2H3,(H,18,20). The zero-order valence-corrected chi connectivity index (χ0v) is 12.9. The third-order valence-corrected chi connectivity index (χ3v) is 3.63. The second-order valence-corrected chi connectivity index (χ2v) is 5.13. The van der Waals surface area contributed by atoms with E-state index in [0.29, 0.717) is 19.8 Å². The van der Waals surface area contributed by atoms with E-state index in [4.69, 9.17) is 4.74 Å². The summed E-state index contributed by atoms with van der Waals surface area (Å²) >= 11 is 0. The van der Waals surface area contributed by atoms with Gasteiger partial charge in [-0.1, -0.05) is 19.1 Å². The summed E-state index contributed by atoms with van der Waals surface area (Å²) in [5.41, 5.74) is 2.33. The molecule has 1 atom stereocenters. The summed E-state index contributed by atoms with van der Waals surface area (Å²) in [6.45, 7) is 8.36. The summed E-state index contributed by atoms with van der Waals surface area (Å²) in [6.07, 6.45) is 0. The minimum atomic E-state index is -0.238. The Morgan fingerprint density at radius 3 is 2.71 bits per heavy atom. The summed E-state index contributed by atoms with van der Waals surface area (Å²) < 4.78 is 5.47. The maximum absolute atomic E-state index is 12.1. The van der Waals surface area contributed by atoms with Gasteiger partial charge in [0.2, 0.25) is 5.91 Å². The van der Waals surface area contributed by atoms with E-state index >= 15 is 0 Å². The summed E-state index contributed by atoms with van der Waals surface area (Å²) in [4.78, 5) is 14.3. The Morgan fingerprint density at radius 1 is 1.29 bits per heavy atom. The number of hydrogen-bond acceptors (Lipinski definition) is 4. The number of carbonyl (C=O) groups is 1. The number of likely N-dealkylation sites (N-methyl/N-ethyl adjacent to an activating group) is 1. The number of carbonyl (C=O) groups excluding carboxylic acids is 1. The number of rotatable bonds is 6. The zero-order chi connectivity index (χ0) is 15.1. The molecule has 0 radical (unpaired) electrons. The van der Waals surface area contributed by atoms with Crippen molar-refractivity contribution >= 4 is 11.6 Å². The first kappa shape index (κ1) is 15.8. The van der Waals surface area contributed by atoms with E-state index in [2.05, 4.69) is 46.7 Å². The maximum atomic E-state index is 12.1. The van der Waals surface area contributed by atoms with Gasteiger partial charge in [-0.05, 0) is 31.2 Å². The molecule has 1 saturated heterocycles. The fourth-order valence-corrected chi connectivity index (χ4v) is 2.50. The van der Waals surface area contributed by atoms with Gasteiger partial charge in [0.1, 0.15) is 6.04 Å². The lowest BCUT2D eigenvalue weighted by molar-refractivity contribution is -0.124. The average Bonchev–Trinajstić information content (AvgIpc) is 2.53. The molecule has 0 saturated carbocycles. The van der Waals surface area contributed by atoms with Gasteiger partial charge in [-0.3, -0.25) is 4.79 Å². The van der Waals surface area contributed by atoms with Crippen LogP contribution in [0.25, 0.3) is 0 Å². The van der Waals surface area contributed by atoms with Crippen molar-refractivity contribution in [3.8, 4) is 0 Å².